The minimum absolute atomic E-state index is 0.288. The number of rotatable bonds is 5. The first kappa shape index (κ1) is 13.0. The molecule has 0 radical (unpaired) electrons. The largest absolute Gasteiger partial charge is 0.330 e. The second-order valence-electron chi connectivity index (χ2n) is 4.06. The standard InChI is InChI=1S/C12H17N3O2S/c1-2-13-8-5-9-15-10-14-18(16,17)12-7-4-3-6-11(12)15/h3-4,6-7,10,13H,2,5,8-9H2,1H3. The summed E-state index contributed by atoms with van der Waals surface area (Å²) in [5, 5.41) is 3.24. The van der Waals surface area contributed by atoms with Gasteiger partial charge in [-0.15, -0.1) is 4.40 Å². The second-order valence-corrected chi connectivity index (χ2v) is 5.66. The SMILES string of the molecule is CCNCCCN1C=NS(=O)(=O)c2ccccc21. The van der Waals surface area contributed by atoms with E-state index < -0.39 is 10.0 Å². The third-order valence-electron chi connectivity index (χ3n) is 2.78. The molecule has 1 aromatic carbocycles. The Hall–Kier alpha value is -1.40. The van der Waals surface area contributed by atoms with Crippen molar-refractivity contribution >= 4 is 22.0 Å². The first-order valence-corrected chi connectivity index (χ1v) is 7.46. The summed E-state index contributed by atoms with van der Waals surface area (Å²) in [4.78, 5) is 2.17. The van der Waals surface area contributed by atoms with Gasteiger partial charge in [-0.25, -0.2) is 0 Å². The molecule has 1 aliphatic heterocycles. The summed E-state index contributed by atoms with van der Waals surface area (Å²) >= 11 is 0. The van der Waals surface area contributed by atoms with Gasteiger partial charge in [0.15, 0.2) is 0 Å². The molecule has 0 atom stereocenters. The number of para-hydroxylation sites is 1. The Labute approximate surface area is 108 Å². The number of sulfonamides is 1. The Morgan fingerprint density at radius 3 is 2.89 bits per heavy atom. The van der Waals surface area contributed by atoms with Crippen LogP contribution in [0.15, 0.2) is 33.6 Å². The Morgan fingerprint density at radius 2 is 2.11 bits per heavy atom. The van der Waals surface area contributed by atoms with E-state index in [9.17, 15) is 8.42 Å². The van der Waals surface area contributed by atoms with Gasteiger partial charge in [0.25, 0.3) is 10.0 Å². The van der Waals surface area contributed by atoms with E-state index in [2.05, 4.69) is 16.6 Å². The van der Waals surface area contributed by atoms with Crippen LogP contribution in [0.25, 0.3) is 0 Å². The van der Waals surface area contributed by atoms with Crippen LogP contribution < -0.4 is 10.2 Å². The predicted octanol–water partition coefficient (Wildman–Crippen LogP) is 1.22. The lowest BCUT2D eigenvalue weighted by molar-refractivity contribution is 0.596. The molecule has 98 valence electrons. The fraction of sp³-hybridized carbons (Fsp3) is 0.417. The Morgan fingerprint density at radius 1 is 1.33 bits per heavy atom. The normalized spacial score (nSPS) is 16.6. The predicted molar refractivity (Wildman–Crippen MR) is 72.6 cm³/mol. The van der Waals surface area contributed by atoms with Crippen molar-refractivity contribution in [2.75, 3.05) is 24.5 Å². The van der Waals surface area contributed by atoms with Gasteiger partial charge in [-0.2, -0.15) is 8.42 Å². The minimum atomic E-state index is -3.50. The van der Waals surface area contributed by atoms with Crippen molar-refractivity contribution in [3.05, 3.63) is 24.3 Å². The maximum absolute atomic E-state index is 11.8. The molecule has 0 spiro atoms. The van der Waals surface area contributed by atoms with Crippen molar-refractivity contribution in [3.8, 4) is 0 Å². The zero-order valence-electron chi connectivity index (χ0n) is 10.3. The van der Waals surface area contributed by atoms with Gasteiger partial charge in [0.2, 0.25) is 0 Å². The van der Waals surface area contributed by atoms with Crippen LogP contribution in [0.5, 0.6) is 0 Å². The molecular formula is C12H17N3O2S. The van der Waals surface area contributed by atoms with Crippen LogP contribution in [-0.4, -0.2) is 34.4 Å². The van der Waals surface area contributed by atoms with Gasteiger partial charge in [0, 0.05) is 6.54 Å². The molecule has 6 heteroatoms. The van der Waals surface area contributed by atoms with Crippen LogP contribution in [0.4, 0.5) is 5.69 Å². The zero-order valence-corrected chi connectivity index (χ0v) is 11.2. The third-order valence-corrected chi connectivity index (χ3v) is 4.05. The van der Waals surface area contributed by atoms with E-state index in [1.165, 1.54) is 6.34 Å². The van der Waals surface area contributed by atoms with Crippen LogP contribution in [-0.2, 0) is 10.0 Å². The molecule has 0 amide bonds. The molecule has 0 fully saturated rings. The van der Waals surface area contributed by atoms with Gasteiger partial charge in [-0.1, -0.05) is 19.1 Å². The molecular weight excluding hydrogens is 250 g/mol. The smallest absolute Gasteiger partial charge is 0.285 e. The van der Waals surface area contributed by atoms with Crippen LogP contribution in [0.1, 0.15) is 13.3 Å². The molecule has 0 aliphatic carbocycles. The number of hydrogen-bond donors (Lipinski definition) is 1. The van der Waals surface area contributed by atoms with E-state index in [4.69, 9.17) is 0 Å². The van der Waals surface area contributed by atoms with E-state index in [-0.39, 0.29) is 4.90 Å². The summed E-state index contributed by atoms with van der Waals surface area (Å²) in [6.45, 7) is 4.67. The molecule has 18 heavy (non-hydrogen) atoms. The molecule has 2 rings (SSSR count). The molecule has 0 saturated carbocycles. The number of fused-ring (bicyclic) bond motifs is 1. The number of nitrogens with zero attached hydrogens (tertiary/aromatic N) is 2. The van der Waals surface area contributed by atoms with Crippen molar-refractivity contribution in [2.24, 2.45) is 4.40 Å². The van der Waals surface area contributed by atoms with Crippen molar-refractivity contribution in [3.63, 3.8) is 0 Å². The molecule has 0 aromatic heterocycles. The maximum atomic E-state index is 11.8. The van der Waals surface area contributed by atoms with Crippen LogP contribution >= 0.6 is 0 Å². The van der Waals surface area contributed by atoms with Crippen LogP contribution in [0, 0.1) is 0 Å². The highest BCUT2D eigenvalue weighted by Crippen LogP contribution is 2.28. The summed E-state index contributed by atoms with van der Waals surface area (Å²) in [5.41, 5.74) is 0.712. The van der Waals surface area contributed by atoms with E-state index in [0.29, 0.717) is 5.69 Å². The average molecular weight is 267 g/mol. The molecule has 5 nitrogen and oxygen atoms in total. The average Bonchev–Trinajstić information content (AvgIpc) is 2.37. The highest BCUT2D eigenvalue weighted by molar-refractivity contribution is 7.90. The number of anilines is 1. The van der Waals surface area contributed by atoms with Crippen molar-refractivity contribution in [2.45, 2.75) is 18.2 Å². The molecule has 0 bridgehead atoms. The monoisotopic (exact) mass is 267 g/mol. The quantitative estimate of drug-likeness (QED) is 0.815. The molecule has 1 aliphatic rings. The lowest BCUT2D eigenvalue weighted by Gasteiger charge is -2.24. The van der Waals surface area contributed by atoms with Crippen molar-refractivity contribution in [1.29, 1.82) is 0 Å². The molecule has 1 N–H and O–H groups in total. The summed E-state index contributed by atoms with van der Waals surface area (Å²) < 4.78 is 27.2. The van der Waals surface area contributed by atoms with Gasteiger partial charge >= 0.3 is 0 Å². The van der Waals surface area contributed by atoms with Crippen molar-refractivity contribution in [1.82, 2.24) is 5.32 Å². The highest BCUT2D eigenvalue weighted by Gasteiger charge is 2.24. The third kappa shape index (κ3) is 2.70. The van der Waals surface area contributed by atoms with Gasteiger partial charge in [0.05, 0.1) is 5.69 Å². The number of hydrogen-bond acceptors (Lipinski definition) is 4. The Bertz CT molecular complexity index is 540. The Balaban J connectivity index is 2.15. The lowest BCUT2D eigenvalue weighted by Crippen LogP contribution is -2.30. The van der Waals surface area contributed by atoms with E-state index in [1.54, 1.807) is 12.1 Å². The fourth-order valence-electron chi connectivity index (χ4n) is 1.88. The topological polar surface area (TPSA) is 61.8 Å². The van der Waals surface area contributed by atoms with Gasteiger partial charge < -0.3 is 10.2 Å². The van der Waals surface area contributed by atoms with Crippen molar-refractivity contribution < 1.29 is 8.42 Å². The molecule has 0 unspecified atom stereocenters. The number of benzene rings is 1. The zero-order chi connectivity index (χ0) is 13.0. The van der Waals surface area contributed by atoms with E-state index in [0.717, 1.165) is 26.1 Å². The Kier molecular flexibility index (Phi) is 3.98. The lowest BCUT2D eigenvalue weighted by atomic mass is 10.2. The van der Waals surface area contributed by atoms with Gasteiger partial charge in [0.1, 0.15) is 11.2 Å². The first-order valence-electron chi connectivity index (χ1n) is 6.02. The highest BCUT2D eigenvalue weighted by atomic mass is 32.2. The van der Waals surface area contributed by atoms with Crippen LogP contribution in [0.3, 0.4) is 0 Å². The van der Waals surface area contributed by atoms with E-state index >= 15 is 0 Å². The van der Waals surface area contributed by atoms with Crippen LogP contribution in [0.2, 0.25) is 0 Å². The summed E-state index contributed by atoms with van der Waals surface area (Å²) in [6.07, 6.45) is 2.35. The first-order chi connectivity index (χ1) is 8.65. The maximum Gasteiger partial charge on any atom is 0.285 e. The molecule has 1 aromatic rings. The number of nitrogens with one attached hydrogen (secondary N) is 1. The van der Waals surface area contributed by atoms with E-state index in [1.807, 2.05) is 17.0 Å². The second kappa shape index (κ2) is 5.49. The fourth-order valence-corrected chi connectivity index (χ4v) is 2.93. The summed E-state index contributed by atoms with van der Waals surface area (Å²) in [5.74, 6) is 0. The molecule has 0 saturated heterocycles. The van der Waals surface area contributed by atoms with Gasteiger partial charge in [-0.05, 0) is 31.6 Å². The van der Waals surface area contributed by atoms with Gasteiger partial charge in [-0.3, -0.25) is 0 Å². The summed E-state index contributed by atoms with van der Waals surface area (Å²) in [7, 11) is -3.50. The summed E-state index contributed by atoms with van der Waals surface area (Å²) in [6, 6.07) is 6.96. The molecule has 1 heterocycles. The minimum Gasteiger partial charge on any atom is -0.330 e.